The summed E-state index contributed by atoms with van der Waals surface area (Å²) in [5, 5.41) is 11.6. The highest BCUT2D eigenvalue weighted by molar-refractivity contribution is 5.95. The third-order valence-electron chi connectivity index (χ3n) is 4.90. The number of methoxy groups -OCH3 is 2. The molecular weight excluding hydrogens is 360 g/mol. The molecule has 2 N–H and O–H groups in total. The first-order valence-electron chi connectivity index (χ1n) is 9.09. The van der Waals surface area contributed by atoms with Gasteiger partial charge in [-0.05, 0) is 30.7 Å². The van der Waals surface area contributed by atoms with Crippen LogP contribution < -0.4 is 14.8 Å². The number of nitrogens with zero attached hydrogens (tertiary/aromatic N) is 1. The lowest BCUT2D eigenvalue weighted by Crippen LogP contribution is -2.28. The molecule has 7 heteroatoms. The van der Waals surface area contributed by atoms with Gasteiger partial charge in [-0.1, -0.05) is 18.2 Å². The lowest BCUT2D eigenvalue weighted by atomic mass is 9.97. The summed E-state index contributed by atoms with van der Waals surface area (Å²) in [6, 6.07) is 12.7. The number of amides is 1. The number of anilines is 1. The van der Waals surface area contributed by atoms with Crippen LogP contribution in [-0.4, -0.2) is 55.7 Å². The van der Waals surface area contributed by atoms with Gasteiger partial charge in [-0.3, -0.25) is 9.59 Å². The number of hydrogen-bond acceptors (Lipinski definition) is 5. The van der Waals surface area contributed by atoms with Gasteiger partial charge in [0.25, 0.3) is 5.91 Å². The van der Waals surface area contributed by atoms with Crippen molar-refractivity contribution in [1.82, 2.24) is 4.90 Å². The highest BCUT2D eigenvalue weighted by Gasteiger charge is 2.30. The van der Waals surface area contributed by atoms with Crippen molar-refractivity contribution in [2.75, 3.05) is 39.2 Å². The molecule has 0 aromatic heterocycles. The van der Waals surface area contributed by atoms with Gasteiger partial charge in [-0.15, -0.1) is 0 Å². The second-order valence-electron chi connectivity index (χ2n) is 6.65. The lowest BCUT2D eigenvalue weighted by Gasteiger charge is -2.19. The van der Waals surface area contributed by atoms with Crippen LogP contribution in [0.5, 0.6) is 11.5 Å². The number of nitrogens with one attached hydrogen (secondary N) is 1. The van der Waals surface area contributed by atoms with Crippen molar-refractivity contribution in [2.24, 2.45) is 0 Å². The Balaban J connectivity index is 1.73. The Morgan fingerprint density at radius 1 is 1.18 bits per heavy atom. The van der Waals surface area contributed by atoms with Gasteiger partial charge in [-0.25, -0.2) is 0 Å². The molecule has 1 aliphatic heterocycles. The highest BCUT2D eigenvalue weighted by Crippen LogP contribution is 2.39. The molecular formula is C21H24N2O5. The zero-order valence-corrected chi connectivity index (χ0v) is 16.0. The van der Waals surface area contributed by atoms with E-state index < -0.39 is 5.97 Å². The molecule has 3 rings (SSSR count). The molecule has 1 heterocycles. The molecule has 0 aliphatic carbocycles. The molecule has 1 saturated heterocycles. The number of benzene rings is 2. The Morgan fingerprint density at radius 3 is 2.68 bits per heavy atom. The highest BCUT2D eigenvalue weighted by atomic mass is 16.5. The van der Waals surface area contributed by atoms with Crippen LogP contribution in [0.3, 0.4) is 0 Å². The molecule has 0 spiro atoms. The van der Waals surface area contributed by atoms with Crippen LogP contribution in [0.2, 0.25) is 0 Å². The van der Waals surface area contributed by atoms with E-state index in [1.807, 2.05) is 23.1 Å². The number of ether oxygens (including phenoxy) is 2. The van der Waals surface area contributed by atoms with E-state index in [1.54, 1.807) is 38.5 Å². The maximum Gasteiger partial charge on any atom is 0.322 e. The summed E-state index contributed by atoms with van der Waals surface area (Å²) in [7, 11) is 3.23. The van der Waals surface area contributed by atoms with E-state index in [1.165, 1.54) is 0 Å². The number of carboxylic acid groups (broad SMARTS) is 1. The van der Waals surface area contributed by atoms with E-state index in [-0.39, 0.29) is 18.4 Å². The molecule has 2 aromatic carbocycles. The van der Waals surface area contributed by atoms with Crippen molar-refractivity contribution in [2.45, 2.75) is 12.3 Å². The number of carbonyl (C=O) groups excluding carboxylic acids is 1. The zero-order valence-electron chi connectivity index (χ0n) is 16.0. The standard InChI is InChI=1S/C21H24N2O5/c1-27-18-8-4-7-17(20(18)28-2)15-9-10-23(13-15)21(26)14-5-3-6-16(11-14)22-12-19(24)25/h3-8,11,15,22H,9-10,12-13H2,1-2H3,(H,24,25)/t15-/m1/s1. The fraction of sp³-hybridized carbons (Fsp3) is 0.333. The van der Waals surface area contributed by atoms with Crippen LogP contribution in [0.4, 0.5) is 5.69 Å². The number of rotatable bonds is 7. The van der Waals surface area contributed by atoms with Gasteiger partial charge < -0.3 is 24.8 Å². The first kappa shape index (κ1) is 19.5. The zero-order chi connectivity index (χ0) is 20.1. The molecule has 0 bridgehead atoms. The normalized spacial score (nSPS) is 15.9. The molecule has 1 aliphatic rings. The number of carbonyl (C=O) groups is 2. The van der Waals surface area contributed by atoms with Gasteiger partial charge >= 0.3 is 5.97 Å². The molecule has 1 amide bonds. The Labute approximate surface area is 163 Å². The van der Waals surface area contributed by atoms with Gasteiger partial charge in [0.15, 0.2) is 11.5 Å². The Hall–Kier alpha value is -3.22. The number of hydrogen-bond donors (Lipinski definition) is 2. The van der Waals surface area contributed by atoms with E-state index >= 15 is 0 Å². The van der Waals surface area contributed by atoms with Gasteiger partial charge in [0.1, 0.15) is 6.54 Å². The fourth-order valence-electron chi connectivity index (χ4n) is 3.55. The molecule has 7 nitrogen and oxygen atoms in total. The molecule has 0 radical (unpaired) electrons. The maximum atomic E-state index is 12.9. The summed E-state index contributed by atoms with van der Waals surface area (Å²) in [5.74, 6) is 0.545. The second-order valence-corrected chi connectivity index (χ2v) is 6.65. The van der Waals surface area contributed by atoms with Crippen LogP contribution in [-0.2, 0) is 4.79 Å². The van der Waals surface area contributed by atoms with Crippen LogP contribution >= 0.6 is 0 Å². The van der Waals surface area contributed by atoms with E-state index in [0.717, 1.165) is 12.0 Å². The average molecular weight is 384 g/mol. The Morgan fingerprint density at radius 2 is 1.96 bits per heavy atom. The third-order valence-corrected chi connectivity index (χ3v) is 4.90. The van der Waals surface area contributed by atoms with E-state index in [9.17, 15) is 9.59 Å². The summed E-state index contributed by atoms with van der Waals surface area (Å²) in [6.07, 6.45) is 0.840. The number of aliphatic carboxylic acids is 1. The first-order chi connectivity index (χ1) is 13.5. The molecule has 1 atom stereocenters. The van der Waals surface area contributed by atoms with Crippen molar-refractivity contribution in [3.05, 3.63) is 53.6 Å². The second kappa shape index (κ2) is 8.65. The Bertz CT molecular complexity index is 868. The molecule has 2 aromatic rings. The van der Waals surface area contributed by atoms with Crippen molar-refractivity contribution in [3.63, 3.8) is 0 Å². The van der Waals surface area contributed by atoms with Crippen molar-refractivity contribution < 1.29 is 24.2 Å². The summed E-state index contributed by atoms with van der Waals surface area (Å²) in [4.78, 5) is 25.4. The minimum absolute atomic E-state index is 0.0664. The average Bonchev–Trinajstić information content (AvgIpc) is 3.21. The quantitative estimate of drug-likeness (QED) is 0.763. The minimum Gasteiger partial charge on any atom is -0.493 e. The van der Waals surface area contributed by atoms with Crippen molar-refractivity contribution in [3.8, 4) is 11.5 Å². The van der Waals surface area contributed by atoms with E-state index in [2.05, 4.69) is 5.32 Å². The lowest BCUT2D eigenvalue weighted by molar-refractivity contribution is -0.134. The van der Waals surface area contributed by atoms with Gasteiger partial charge in [0.2, 0.25) is 0 Å². The molecule has 28 heavy (non-hydrogen) atoms. The third kappa shape index (κ3) is 4.19. The Kier molecular flexibility index (Phi) is 6.03. The monoisotopic (exact) mass is 384 g/mol. The fourth-order valence-corrected chi connectivity index (χ4v) is 3.55. The van der Waals surface area contributed by atoms with Crippen LogP contribution in [0.15, 0.2) is 42.5 Å². The molecule has 0 unspecified atom stereocenters. The number of para-hydroxylation sites is 1. The first-order valence-corrected chi connectivity index (χ1v) is 9.09. The largest absolute Gasteiger partial charge is 0.493 e. The maximum absolute atomic E-state index is 12.9. The number of likely N-dealkylation sites (tertiary alicyclic amines) is 1. The molecule has 148 valence electrons. The summed E-state index contributed by atoms with van der Waals surface area (Å²) in [5.41, 5.74) is 2.18. The van der Waals surface area contributed by atoms with Gasteiger partial charge in [0, 0.05) is 35.8 Å². The van der Waals surface area contributed by atoms with Gasteiger partial charge in [0.05, 0.1) is 14.2 Å². The van der Waals surface area contributed by atoms with Gasteiger partial charge in [-0.2, -0.15) is 0 Å². The molecule has 1 fully saturated rings. The minimum atomic E-state index is -0.952. The number of carboxylic acids is 1. The van der Waals surface area contributed by atoms with Crippen molar-refractivity contribution >= 4 is 17.6 Å². The topological polar surface area (TPSA) is 88.1 Å². The van der Waals surface area contributed by atoms with Crippen LogP contribution in [0.25, 0.3) is 0 Å². The predicted molar refractivity (Wildman–Crippen MR) is 105 cm³/mol. The van der Waals surface area contributed by atoms with Crippen molar-refractivity contribution in [1.29, 1.82) is 0 Å². The summed E-state index contributed by atoms with van der Waals surface area (Å²) in [6.45, 7) is 1.05. The van der Waals surface area contributed by atoms with E-state index in [4.69, 9.17) is 14.6 Å². The van der Waals surface area contributed by atoms with E-state index in [0.29, 0.717) is 35.8 Å². The van der Waals surface area contributed by atoms with Crippen LogP contribution in [0, 0.1) is 0 Å². The molecule has 0 saturated carbocycles. The summed E-state index contributed by atoms with van der Waals surface area (Å²) < 4.78 is 10.9. The SMILES string of the molecule is COc1cccc([C@@H]2CCN(C(=O)c3cccc(NCC(=O)O)c3)C2)c1OC. The predicted octanol–water partition coefficient (Wildman–Crippen LogP) is 2.83. The smallest absolute Gasteiger partial charge is 0.322 e. The summed E-state index contributed by atoms with van der Waals surface area (Å²) >= 11 is 0. The van der Waals surface area contributed by atoms with Crippen LogP contribution in [0.1, 0.15) is 28.3 Å².